The molecule has 0 spiro atoms. The van der Waals surface area contributed by atoms with Crippen LogP contribution >= 0.6 is 0 Å². The second-order valence-corrected chi connectivity index (χ2v) is 6.83. The number of pyridine rings is 1. The van der Waals surface area contributed by atoms with Gasteiger partial charge in [0.1, 0.15) is 11.6 Å². The number of fused-ring (bicyclic) bond motifs is 1. The first-order chi connectivity index (χ1) is 15.2. The van der Waals surface area contributed by atoms with Gasteiger partial charge in [-0.15, -0.1) is 0 Å². The average Bonchev–Trinajstić information content (AvgIpc) is 3.02. The van der Waals surface area contributed by atoms with E-state index in [2.05, 4.69) is 20.6 Å². The molecule has 0 bridgehead atoms. The molecule has 0 unspecified atom stereocenters. The standard InChI is InChI=1S/C23H23FN4O3/c1-25-23(28-18-7-8-20-21(13-18)30-11-3-10-29-20)27-15-16-6-9-22(26-14-16)31-19-5-2-4-17(24)12-19/h2,4-9,12-14H,3,10-11,15H2,1H3,(H2,25,27,28). The lowest BCUT2D eigenvalue weighted by Crippen LogP contribution is -2.30. The number of rotatable bonds is 5. The summed E-state index contributed by atoms with van der Waals surface area (Å²) < 4.78 is 30.2. The molecule has 2 heterocycles. The van der Waals surface area contributed by atoms with Crippen LogP contribution in [0.25, 0.3) is 0 Å². The van der Waals surface area contributed by atoms with Gasteiger partial charge in [0.15, 0.2) is 17.5 Å². The maximum Gasteiger partial charge on any atom is 0.219 e. The van der Waals surface area contributed by atoms with Gasteiger partial charge in [-0.3, -0.25) is 4.99 Å². The molecule has 1 aliphatic rings. The summed E-state index contributed by atoms with van der Waals surface area (Å²) in [5, 5.41) is 6.48. The van der Waals surface area contributed by atoms with E-state index in [-0.39, 0.29) is 5.82 Å². The molecule has 0 saturated carbocycles. The number of nitrogens with zero attached hydrogens (tertiary/aromatic N) is 2. The number of halogens is 1. The van der Waals surface area contributed by atoms with Gasteiger partial charge in [-0.05, 0) is 29.8 Å². The zero-order valence-corrected chi connectivity index (χ0v) is 17.1. The molecule has 2 N–H and O–H groups in total. The van der Waals surface area contributed by atoms with Crippen LogP contribution in [0.2, 0.25) is 0 Å². The second-order valence-electron chi connectivity index (χ2n) is 6.83. The highest BCUT2D eigenvalue weighted by atomic mass is 19.1. The number of hydrogen-bond donors (Lipinski definition) is 2. The first-order valence-electron chi connectivity index (χ1n) is 9.95. The van der Waals surface area contributed by atoms with E-state index >= 15 is 0 Å². The van der Waals surface area contributed by atoms with Crippen molar-refractivity contribution in [2.45, 2.75) is 13.0 Å². The molecule has 1 aliphatic heterocycles. The summed E-state index contributed by atoms with van der Waals surface area (Å²) in [4.78, 5) is 8.53. The van der Waals surface area contributed by atoms with Gasteiger partial charge in [0.2, 0.25) is 5.88 Å². The van der Waals surface area contributed by atoms with E-state index in [1.165, 1.54) is 12.1 Å². The number of guanidine groups is 1. The van der Waals surface area contributed by atoms with Crippen LogP contribution in [0.3, 0.4) is 0 Å². The van der Waals surface area contributed by atoms with E-state index in [4.69, 9.17) is 14.2 Å². The van der Waals surface area contributed by atoms with Crippen molar-refractivity contribution in [1.29, 1.82) is 0 Å². The normalized spacial score (nSPS) is 13.3. The summed E-state index contributed by atoms with van der Waals surface area (Å²) >= 11 is 0. The molecule has 3 aromatic rings. The fourth-order valence-electron chi connectivity index (χ4n) is 2.97. The minimum Gasteiger partial charge on any atom is -0.490 e. The van der Waals surface area contributed by atoms with E-state index < -0.39 is 0 Å². The number of aromatic nitrogens is 1. The lowest BCUT2D eigenvalue weighted by Gasteiger charge is -2.14. The van der Waals surface area contributed by atoms with Gasteiger partial charge in [0.25, 0.3) is 0 Å². The molecular formula is C23H23FN4O3. The predicted molar refractivity (Wildman–Crippen MR) is 117 cm³/mol. The molecule has 7 nitrogen and oxygen atoms in total. The summed E-state index contributed by atoms with van der Waals surface area (Å²) in [6.45, 7) is 1.80. The third-order valence-electron chi connectivity index (χ3n) is 4.51. The fourth-order valence-corrected chi connectivity index (χ4v) is 2.97. The van der Waals surface area contributed by atoms with Gasteiger partial charge in [0.05, 0.1) is 13.2 Å². The molecule has 160 valence electrons. The van der Waals surface area contributed by atoms with Crippen LogP contribution in [0.4, 0.5) is 10.1 Å². The Kier molecular flexibility index (Phi) is 6.47. The van der Waals surface area contributed by atoms with Crippen LogP contribution in [0.15, 0.2) is 65.8 Å². The molecule has 0 amide bonds. The lowest BCUT2D eigenvalue weighted by molar-refractivity contribution is 0.297. The van der Waals surface area contributed by atoms with Crippen molar-refractivity contribution in [1.82, 2.24) is 10.3 Å². The van der Waals surface area contributed by atoms with E-state index in [9.17, 15) is 4.39 Å². The molecule has 0 atom stereocenters. The number of hydrogen-bond acceptors (Lipinski definition) is 5. The number of ether oxygens (including phenoxy) is 3. The molecule has 2 aromatic carbocycles. The maximum atomic E-state index is 13.3. The van der Waals surface area contributed by atoms with E-state index in [0.29, 0.717) is 37.3 Å². The largest absolute Gasteiger partial charge is 0.490 e. The zero-order valence-electron chi connectivity index (χ0n) is 17.1. The summed E-state index contributed by atoms with van der Waals surface area (Å²) in [7, 11) is 1.70. The van der Waals surface area contributed by atoms with Crippen LogP contribution < -0.4 is 24.8 Å². The molecule has 0 fully saturated rings. The lowest BCUT2D eigenvalue weighted by atomic mass is 10.2. The Hall–Kier alpha value is -3.81. The Morgan fingerprint density at radius 3 is 2.74 bits per heavy atom. The summed E-state index contributed by atoms with van der Waals surface area (Å²) in [5.41, 5.74) is 1.78. The van der Waals surface area contributed by atoms with Gasteiger partial charge in [-0.2, -0.15) is 0 Å². The molecule has 8 heteroatoms. The Balaban J connectivity index is 1.33. The molecule has 0 radical (unpaired) electrons. The van der Waals surface area contributed by atoms with Gasteiger partial charge >= 0.3 is 0 Å². The number of nitrogens with one attached hydrogen (secondary N) is 2. The number of aliphatic imine (C=N–C) groups is 1. The van der Waals surface area contributed by atoms with Gasteiger partial charge < -0.3 is 24.8 Å². The molecule has 0 saturated heterocycles. The third kappa shape index (κ3) is 5.63. The summed E-state index contributed by atoms with van der Waals surface area (Å²) in [6.07, 6.45) is 2.56. The van der Waals surface area contributed by atoms with Gasteiger partial charge in [-0.25, -0.2) is 9.37 Å². The van der Waals surface area contributed by atoms with Crippen molar-refractivity contribution in [3.63, 3.8) is 0 Å². The molecule has 1 aromatic heterocycles. The monoisotopic (exact) mass is 422 g/mol. The average molecular weight is 422 g/mol. The molecule has 31 heavy (non-hydrogen) atoms. The highest BCUT2D eigenvalue weighted by Crippen LogP contribution is 2.32. The van der Waals surface area contributed by atoms with Crippen molar-refractivity contribution in [3.05, 3.63) is 72.2 Å². The van der Waals surface area contributed by atoms with E-state index in [1.807, 2.05) is 24.3 Å². The SMILES string of the molecule is CN=C(NCc1ccc(Oc2cccc(F)c2)nc1)Nc1ccc2c(c1)OCCCO2. The quantitative estimate of drug-likeness (QED) is 0.470. The van der Waals surface area contributed by atoms with Crippen LogP contribution in [0, 0.1) is 5.82 Å². The van der Waals surface area contributed by atoms with Crippen molar-refractivity contribution < 1.29 is 18.6 Å². The Morgan fingerprint density at radius 1 is 1.10 bits per heavy atom. The number of anilines is 1. The Bertz CT molecular complexity index is 1060. The van der Waals surface area contributed by atoms with Crippen molar-refractivity contribution >= 4 is 11.6 Å². The zero-order chi connectivity index (χ0) is 21.5. The molecular weight excluding hydrogens is 399 g/mol. The predicted octanol–water partition coefficient (Wildman–Crippen LogP) is 4.36. The molecule has 4 rings (SSSR count). The Labute approximate surface area is 179 Å². The van der Waals surface area contributed by atoms with Gasteiger partial charge in [0, 0.05) is 50.1 Å². The highest BCUT2D eigenvalue weighted by molar-refractivity contribution is 5.93. The van der Waals surface area contributed by atoms with Crippen LogP contribution in [0.1, 0.15) is 12.0 Å². The van der Waals surface area contributed by atoms with Crippen LogP contribution in [0.5, 0.6) is 23.1 Å². The smallest absolute Gasteiger partial charge is 0.219 e. The first kappa shape index (κ1) is 20.5. The van der Waals surface area contributed by atoms with Crippen molar-refractivity contribution in [3.8, 4) is 23.1 Å². The third-order valence-corrected chi connectivity index (χ3v) is 4.51. The second kappa shape index (κ2) is 9.80. The molecule has 0 aliphatic carbocycles. The van der Waals surface area contributed by atoms with Gasteiger partial charge in [-0.1, -0.05) is 12.1 Å². The Morgan fingerprint density at radius 2 is 1.97 bits per heavy atom. The summed E-state index contributed by atoms with van der Waals surface area (Å²) in [5.74, 6) is 2.51. The van der Waals surface area contributed by atoms with Crippen molar-refractivity contribution in [2.75, 3.05) is 25.6 Å². The minimum atomic E-state index is -0.356. The van der Waals surface area contributed by atoms with Crippen LogP contribution in [-0.4, -0.2) is 31.2 Å². The van der Waals surface area contributed by atoms with E-state index in [0.717, 1.165) is 29.2 Å². The van der Waals surface area contributed by atoms with Crippen LogP contribution in [-0.2, 0) is 6.54 Å². The topological polar surface area (TPSA) is 77.0 Å². The minimum absolute atomic E-state index is 0.356. The van der Waals surface area contributed by atoms with Crippen molar-refractivity contribution in [2.24, 2.45) is 4.99 Å². The highest BCUT2D eigenvalue weighted by Gasteiger charge is 2.11. The number of benzene rings is 2. The summed E-state index contributed by atoms with van der Waals surface area (Å²) in [6, 6.07) is 15.3. The van der Waals surface area contributed by atoms with E-state index in [1.54, 1.807) is 31.4 Å². The first-order valence-corrected chi connectivity index (χ1v) is 9.95. The fraction of sp³-hybridized carbons (Fsp3) is 0.217. The maximum absolute atomic E-state index is 13.3.